The van der Waals surface area contributed by atoms with E-state index in [0.717, 1.165) is 0 Å². The third-order valence-corrected chi connectivity index (χ3v) is 5.31. The zero-order chi connectivity index (χ0) is 20.7. The molecular weight excluding hydrogens is 404 g/mol. The SMILES string of the molecule is C=CCNS(=O)(=O)Cc1ccc(NC(=O)c2cc(Cl)c(OC)c(OC)c2)cc1. The molecule has 0 spiro atoms. The Morgan fingerprint density at radius 1 is 1.18 bits per heavy atom. The number of rotatable bonds is 9. The van der Waals surface area contributed by atoms with Gasteiger partial charge >= 0.3 is 0 Å². The molecule has 0 heterocycles. The number of methoxy groups -OCH3 is 2. The first-order chi connectivity index (χ1) is 13.3. The van der Waals surface area contributed by atoms with Crippen molar-refractivity contribution in [3.8, 4) is 11.5 Å². The van der Waals surface area contributed by atoms with Gasteiger partial charge in [-0.25, -0.2) is 13.1 Å². The van der Waals surface area contributed by atoms with Crippen LogP contribution in [0, 0.1) is 0 Å². The number of halogens is 1. The number of hydrogen-bond donors (Lipinski definition) is 2. The van der Waals surface area contributed by atoms with E-state index in [4.69, 9.17) is 21.1 Å². The summed E-state index contributed by atoms with van der Waals surface area (Å²) in [5, 5.41) is 2.98. The van der Waals surface area contributed by atoms with Crippen molar-refractivity contribution in [1.82, 2.24) is 4.72 Å². The van der Waals surface area contributed by atoms with Crippen molar-refractivity contribution in [2.45, 2.75) is 5.75 Å². The molecule has 9 heteroatoms. The molecule has 0 aliphatic carbocycles. The average molecular weight is 425 g/mol. The van der Waals surface area contributed by atoms with Crippen LogP contribution in [0.2, 0.25) is 5.02 Å². The molecule has 0 bridgehead atoms. The lowest BCUT2D eigenvalue weighted by atomic mass is 10.1. The lowest BCUT2D eigenvalue weighted by Crippen LogP contribution is -2.25. The lowest BCUT2D eigenvalue weighted by molar-refractivity contribution is 0.102. The van der Waals surface area contributed by atoms with Gasteiger partial charge in [0.1, 0.15) is 0 Å². The molecule has 2 rings (SSSR count). The van der Waals surface area contributed by atoms with Crippen LogP contribution in [0.3, 0.4) is 0 Å². The lowest BCUT2D eigenvalue weighted by Gasteiger charge is -2.12. The van der Waals surface area contributed by atoms with Gasteiger partial charge in [-0.3, -0.25) is 4.79 Å². The zero-order valence-corrected chi connectivity index (χ0v) is 17.1. The third kappa shape index (κ3) is 5.72. The van der Waals surface area contributed by atoms with Crippen LogP contribution >= 0.6 is 11.6 Å². The molecule has 0 fully saturated rings. The van der Waals surface area contributed by atoms with Crippen LogP contribution in [0.15, 0.2) is 49.1 Å². The largest absolute Gasteiger partial charge is 0.493 e. The predicted octanol–water partition coefficient (Wildman–Crippen LogP) is 3.21. The second-order valence-electron chi connectivity index (χ2n) is 5.74. The Bertz CT molecular complexity index is 959. The fourth-order valence-electron chi connectivity index (χ4n) is 2.39. The smallest absolute Gasteiger partial charge is 0.255 e. The van der Waals surface area contributed by atoms with Gasteiger partial charge in [0.15, 0.2) is 11.5 Å². The van der Waals surface area contributed by atoms with Gasteiger partial charge in [-0.15, -0.1) is 6.58 Å². The minimum Gasteiger partial charge on any atom is -0.493 e. The van der Waals surface area contributed by atoms with E-state index in [-0.39, 0.29) is 17.3 Å². The molecule has 2 aromatic carbocycles. The van der Waals surface area contributed by atoms with Crippen LogP contribution < -0.4 is 19.5 Å². The predicted molar refractivity (Wildman–Crippen MR) is 110 cm³/mol. The van der Waals surface area contributed by atoms with Gasteiger partial charge < -0.3 is 14.8 Å². The first kappa shape index (κ1) is 21.7. The first-order valence-corrected chi connectivity index (χ1v) is 10.2. The second kappa shape index (κ2) is 9.59. The summed E-state index contributed by atoms with van der Waals surface area (Å²) in [6.45, 7) is 3.64. The summed E-state index contributed by atoms with van der Waals surface area (Å²) < 4.78 is 36.5. The number of hydrogen-bond acceptors (Lipinski definition) is 5. The summed E-state index contributed by atoms with van der Waals surface area (Å²) >= 11 is 6.12. The topological polar surface area (TPSA) is 93.7 Å². The standard InChI is InChI=1S/C19H21ClN2O5S/c1-4-9-21-28(24,25)12-13-5-7-15(8-6-13)22-19(23)14-10-16(20)18(27-3)17(11-14)26-2/h4-8,10-11,21H,1,9,12H2,2-3H3,(H,22,23). The number of nitrogens with one attached hydrogen (secondary N) is 2. The number of carbonyl (C=O) groups is 1. The third-order valence-electron chi connectivity index (χ3n) is 3.71. The van der Waals surface area contributed by atoms with Gasteiger partial charge in [0, 0.05) is 17.8 Å². The van der Waals surface area contributed by atoms with Crippen LogP contribution in [0.1, 0.15) is 15.9 Å². The quantitative estimate of drug-likeness (QED) is 0.603. The Morgan fingerprint density at radius 3 is 2.43 bits per heavy atom. The molecule has 0 atom stereocenters. The Morgan fingerprint density at radius 2 is 1.86 bits per heavy atom. The molecule has 7 nitrogen and oxygen atoms in total. The van der Waals surface area contributed by atoms with E-state index >= 15 is 0 Å². The summed E-state index contributed by atoms with van der Waals surface area (Å²) in [4.78, 5) is 12.5. The first-order valence-electron chi connectivity index (χ1n) is 8.19. The molecular formula is C19H21ClN2O5S. The van der Waals surface area contributed by atoms with Gasteiger partial charge in [-0.2, -0.15) is 0 Å². The van der Waals surface area contributed by atoms with E-state index in [0.29, 0.717) is 28.3 Å². The van der Waals surface area contributed by atoms with Crippen molar-refractivity contribution in [2.75, 3.05) is 26.1 Å². The van der Waals surface area contributed by atoms with Crippen molar-refractivity contribution in [1.29, 1.82) is 0 Å². The molecule has 2 N–H and O–H groups in total. The van der Waals surface area contributed by atoms with Crippen LogP contribution in [-0.2, 0) is 15.8 Å². The molecule has 0 aliphatic rings. The summed E-state index contributed by atoms with van der Waals surface area (Å²) in [6, 6.07) is 9.50. The highest BCUT2D eigenvalue weighted by molar-refractivity contribution is 7.88. The van der Waals surface area contributed by atoms with E-state index in [1.54, 1.807) is 24.3 Å². The Hall–Kier alpha value is -2.55. The Balaban J connectivity index is 2.11. The maximum absolute atomic E-state index is 12.5. The number of amides is 1. The fourth-order valence-corrected chi connectivity index (χ4v) is 3.79. The summed E-state index contributed by atoms with van der Waals surface area (Å²) in [6.07, 6.45) is 1.47. The van der Waals surface area contributed by atoms with E-state index in [1.807, 2.05) is 0 Å². The van der Waals surface area contributed by atoms with Crippen LogP contribution in [0.5, 0.6) is 11.5 Å². The Kier molecular flexibility index (Phi) is 7.45. The molecule has 150 valence electrons. The minimum absolute atomic E-state index is 0.166. The molecule has 0 saturated heterocycles. The van der Waals surface area contributed by atoms with E-state index in [9.17, 15) is 13.2 Å². The molecule has 2 aromatic rings. The second-order valence-corrected chi connectivity index (χ2v) is 7.95. The fraction of sp³-hybridized carbons (Fsp3) is 0.211. The van der Waals surface area contributed by atoms with Gasteiger partial charge in [0.2, 0.25) is 10.0 Å². The minimum atomic E-state index is -3.44. The Labute approximate surface area is 169 Å². The summed E-state index contributed by atoms with van der Waals surface area (Å²) in [5.41, 5.74) is 1.39. The molecule has 0 aliphatic heterocycles. The van der Waals surface area contributed by atoms with Crippen molar-refractivity contribution < 1.29 is 22.7 Å². The van der Waals surface area contributed by atoms with Crippen LogP contribution in [0.25, 0.3) is 0 Å². The molecule has 28 heavy (non-hydrogen) atoms. The zero-order valence-electron chi connectivity index (χ0n) is 15.5. The van der Waals surface area contributed by atoms with Gasteiger partial charge in [0.25, 0.3) is 5.91 Å². The molecule has 0 unspecified atom stereocenters. The molecule has 0 radical (unpaired) electrons. The van der Waals surface area contributed by atoms with Crippen molar-refractivity contribution in [2.24, 2.45) is 0 Å². The maximum Gasteiger partial charge on any atom is 0.255 e. The number of ether oxygens (including phenoxy) is 2. The van der Waals surface area contributed by atoms with E-state index in [1.165, 1.54) is 32.4 Å². The monoisotopic (exact) mass is 424 g/mol. The highest BCUT2D eigenvalue weighted by Gasteiger charge is 2.16. The van der Waals surface area contributed by atoms with Crippen LogP contribution in [-0.4, -0.2) is 35.1 Å². The molecule has 0 saturated carbocycles. The van der Waals surface area contributed by atoms with Crippen LogP contribution in [0.4, 0.5) is 5.69 Å². The number of anilines is 1. The summed E-state index contributed by atoms with van der Waals surface area (Å²) in [7, 11) is -0.536. The maximum atomic E-state index is 12.5. The van der Waals surface area contributed by atoms with Gasteiger partial charge in [-0.1, -0.05) is 29.8 Å². The van der Waals surface area contributed by atoms with Gasteiger partial charge in [0.05, 0.1) is 25.0 Å². The van der Waals surface area contributed by atoms with Gasteiger partial charge in [-0.05, 0) is 29.8 Å². The number of benzene rings is 2. The van der Waals surface area contributed by atoms with E-state index < -0.39 is 15.9 Å². The highest BCUT2D eigenvalue weighted by Crippen LogP contribution is 2.36. The van der Waals surface area contributed by atoms with Crippen molar-refractivity contribution >= 4 is 33.2 Å². The summed E-state index contributed by atoms with van der Waals surface area (Å²) in [5.74, 6) is 0.125. The normalized spacial score (nSPS) is 11.0. The van der Waals surface area contributed by atoms with Crippen molar-refractivity contribution in [3.05, 3.63) is 65.2 Å². The van der Waals surface area contributed by atoms with Crippen molar-refractivity contribution in [3.63, 3.8) is 0 Å². The number of sulfonamides is 1. The number of carbonyl (C=O) groups excluding carboxylic acids is 1. The molecule has 1 amide bonds. The highest BCUT2D eigenvalue weighted by atomic mass is 35.5. The van der Waals surface area contributed by atoms with E-state index in [2.05, 4.69) is 16.6 Å². The molecule has 0 aromatic heterocycles. The average Bonchev–Trinajstić information content (AvgIpc) is 2.67.